The highest BCUT2D eigenvalue weighted by Crippen LogP contribution is 2.38. The van der Waals surface area contributed by atoms with Gasteiger partial charge in [-0.2, -0.15) is 0 Å². The lowest BCUT2D eigenvalue weighted by molar-refractivity contribution is -0.376. The largest absolute Gasteiger partial charge is 0.497 e. The molecule has 18 nitrogen and oxygen atoms in total. The number of esters is 4. The first kappa shape index (κ1) is 56.2. The van der Waals surface area contributed by atoms with E-state index in [0.717, 1.165) is 18.1 Å². The molecule has 0 radical (unpaired) electrons. The molecule has 3 fully saturated rings. The van der Waals surface area contributed by atoms with Gasteiger partial charge in [0.05, 0.1) is 55.8 Å². The number of benzene rings is 6. The van der Waals surface area contributed by atoms with Crippen LogP contribution in [0.2, 0.25) is 0 Å². The van der Waals surface area contributed by atoms with Gasteiger partial charge in [0.2, 0.25) is 6.29 Å². The Bertz CT molecular complexity index is 2880. The maximum absolute atomic E-state index is 14.3. The highest BCUT2D eigenvalue weighted by molar-refractivity contribution is 5.91. The second-order valence-corrected chi connectivity index (χ2v) is 19.0. The van der Waals surface area contributed by atoms with Gasteiger partial charge in [-0.05, 0) is 85.6 Å². The number of aliphatic hydroxyl groups excluding tert-OH is 1. The Balaban J connectivity index is 1.12. The lowest BCUT2D eigenvalue weighted by atomic mass is 9.97. The summed E-state index contributed by atoms with van der Waals surface area (Å²) in [6, 6.07) is 50.0. The Hall–Kier alpha value is -7.52. The third kappa shape index (κ3) is 14.4. The first-order valence-electron chi connectivity index (χ1n) is 25.9. The first-order valence-corrected chi connectivity index (χ1v) is 25.9. The van der Waals surface area contributed by atoms with Gasteiger partial charge >= 0.3 is 23.9 Å². The van der Waals surface area contributed by atoms with Crippen molar-refractivity contribution in [3.05, 3.63) is 204 Å². The molecular formula is C61H62O18. The fraction of sp³-hybridized carbons (Fsp3) is 0.344. The smallest absolute Gasteiger partial charge is 0.338 e. The molecule has 1 N–H and O–H groups in total. The van der Waals surface area contributed by atoms with Crippen LogP contribution in [0.15, 0.2) is 176 Å². The molecule has 0 amide bonds. The quantitative estimate of drug-likeness (QED) is 0.0571. The maximum atomic E-state index is 14.3. The summed E-state index contributed by atoms with van der Waals surface area (Å²) in [4.78, 5) is 55.5. The van der Waals surface area contributed by atoms with E-state index in [0.29, 0.717) is 11.5 Å². The average Bonchev–Trinajstić information content (AvgIpc) is 3.48. The van der Waals surface area contributed by atoms with Crippen molar-refractivity contribution in [3.8, 4) is 11.5 Å². The van der Waals surface area contributed by atoms with Gasteiger partial charge in [0.15, 0.2) is 43.1 Å². The molecule has 0 bridgehead atoms. The van der Waals surface area contributed by atoms with Crippen LogP contribution in [-0.4, -0.2) is 129 Å². The molecule has 18 heteroatoms. The number of aliphatic hydroxyl groups is 1. The molecule has 3 heterocycles. The zero-order valence-corrected chi connectivity index (χ0v) is 43.8. The molecule has 0 spiro atoms. The van der Waals surface area contributed by atoms with Gasteiger partial charge in [-0.3, -0.25) is 4.79 Å². The minimum atomic E-state index is -1.76. The average molecular weight is 1080 g/mol. The van der Waals surface area contributed by atoms with E-state index in [2.05, 4.69) is 0 Å². The topological polar surface area (TPSA) is 208 Å². The predicted octanol–water partition coefficient (Wildman–Crippen LogP) is 7.83. The summed E-state index contributed by atoms with van der Waals surface area (Å²) < 4.78 is 83.5. The number of carbonyl (C=O) groups is 4. The fourth-order valence-corrected chi connectivity index (χ4v) is 9.41. The molecule has 6 aromatic rings. The van der Waals surface area contributed by atoms with Gasteiger partial charge < -0.3 is 66.7 Å². The van der Waals surface area contributed by atoms with Gasteiger partial charge in [-0.15, -0.1) is 0 Å². The standard InChI is InChI=1S/C61H62O18/c1-37-48(68-34-40-20-10-5-11-21-40)51(53(69-35-41-22-12-6-13-23-41)60(71-37)74-46-32-30-45(67-4)31-33-46)78-59-54(50(73-39(3)62)47(63)36-70-59)79-61-55(77-58(66)44-28-18-9-19-29-44)52(76-57(65)43-26-16-8-17-27-43)49(38(2)72-61)75-56(64)42-24-14-7-15-25-42/h5-33,37-38,47-55,59-61,63H,34-36H2,1-4H3/t37-,38-,47-,48-,49-,50+,51+,52+,53-,54-,55-,59+,60-,61+/m1/s1. The van der Waals surface area contributed by atoms with Crippen LogP contribution >= 0.6 is 0 Å². The Labute approximate surface area is 457 Å². The summed E-state index contributed by atoms with van der Waals surface area (Å²) in [6.07, 6.45) is -19.2. The van der Waals surface area contributed by atoms with E-state index in [1.807, 2.05) is 60.7 Å². The van der Waals surface area contributed by atoms with E-state index >= 15 is 0 Å². The van der Waals surface area contributed by atoms with Crippen molar-refractivity contribution in [1.82, 2.24) is 0 Å². The van der Waals surface area contributed by atoms with Gasteiger partial charge in [0.1, 0.15) is 35.9 Å². The molecule has 79 heavy (non-hydrogen) atoms. The highest BCUT2D eigenvalue weighted by atomic mass is 16.8. The van der Waals surface area contributed by atoms with Crippen molar-refractivity contribution >= 4 is 23.9 Å². The predicted molar refractivity (Wildman–Crippen MR) is 280 cm³/mol. The van der Waals surface area contributed by atoms with Crippen molar-refractivity contribution < 1.29 is 85.9 Å². The van der Waals surface area contributed by atoms with Gasteiger partial charge in [-0.25, -0.2) is 14.4 Å². The van der Waals surface area contributed by atoms with Crippen molar-refractivity contribution in [3.63, 3.8) is 0 Å². The summed E-state index contributed by atoms with van der Waals surface area (Å²) in [5.74, 6) is -2.34. The Kier molecular flexibility index (Phi) is 19.1. The van der Waals surface area contributed by atoms with Crippen LogP contribution in [0.4, 0.5) is 0 Å². The van der Waals surface area contributed by atoms with Crippen LogP contribution in [0.1, 0.15) is 63.0 Å². The summed E-state index contributed by atoms with van der Waals surface area (Å²) in [7, 11) is 1.56. The summed E-state index contributed by atoms with van der Waals surface area (Å²) in [6.45, 7) is 4.24. The molecule has 0 unspecified atom stereocenters. The van der Waals surface area contributed by atoms with E-state index < -0.39 is 116 Å². The molecule has 3 saturated heterocycles. The lowest BCUT2D eigenvalue weighted by Crippen LogP contribution is -2.66. The number of ether oxygens (including phenoxy) is 13. The van der Waals surface area contributed by atoms with Gasteiger partial charge in [-0.1, -0.05) is 115 Å². The van der Waals surface area contributed by atoms with Crippen molar-refractivity contribution in [2.75, 3.05) is 13.7 Å². The molecule has 0 aliphatic carbocycles. The van der Waals surface area contributed by atoms with E-state index in [1.54, 1.807) is 112 Å². The van der Waals surface area contributed by atoms with Gasteiger partial charge in [0.25, 0.3) is 0 Å². The molecule has 6 aromatic carbocycles. The van der Waals surface area contributed by atoms with Crippen LogP contribution in [0.3, 0.4) is 0 Å². The molecule has 3 aliphatic rings. The summed E-state index contributed by atoms with van der Waals surface area (Å²) in [5, 5.41) is 11.7. The van der Waals surface area contributed by atoms with Crippen LogP contribution < -0.4 is 9.47 Å². The number of carbonyl (C=O) groups excluding carboxylic acids is 4. The third-order valence-electron chi connectivity index (χ3n) is 13.4. The summed E-state index contributed by atoms with van der Waals surface area (Å²) >= 11 is 0. The fourth-order valence-electron chi connectivity index (χ4n) is 9.41. The van der Waals surface area contributed by atoms with Crippen LogP contribution in [-0.2, 0) is 70.1 Å². The zero-order valence-electron chi connectivity index (χ0n) is 43.8. The maximum Gasteiger partial charge on any atom is 0.338 e. The number of hydrogen-bond donors (Lipinski definition) is 1. The highest BCUT2D eigenvalue weighted by Gasteiger charge is 2.57. The van der Waals surface area contributed by atoms with Crippen molar-refractivity contribution in [1.29, 1.82) is 0 Å². The lowest BCUT2D eigenvalue weighted by Gasteiger charge is -2.49. The number of rotatable bonds is 20. The molecule has 14 atom stereocenters. The SMILES string of the molecule is COc1ccc(O[C@H]2O[C@H](C)[C@@H](OCc3ccccc3)[C@H](O[C@@H]3OC[C@@H](O)[C@H](OC(C)=O)[C@H]3O[C@@H]3O[C@H](C)[C@@H](OC(=O)c4ccccc4)[C@H](OC(=O)c4ccccc4)[C@H]3OC(=O)c3ccccc3)[C@H]2OCc2ccccc2)cc1. The molecular weight excluding hydrogens is 1020 g/mol. The number of methoxy groups -OCH3 is 1. The molecule has 9 rings (SSSR count). The molecule has 0 aromatic heterocycles. The summed E-state index contributed by atoms with van der Waals surface area (Å²) in [5.41, 5.74) is 2.06. The van der Waals surface area contributed by atoms with Crippen molar-refractivity contribution in [2.45, 2.75) is 120 Å². The van der Waals surface area contributed by atoms with E-state index in [-0.39, 0.29) is 29.9 Å². The number of hydrogen-bond acceptors (Lipinski definition) is 18. The van der Waals surface area contributed by atoms with Crippen molar-refractivity contribution in [2.24, 2.45) is 0 Å². The second kappa shape index (κ2) is 26.9. The minimum Gasteiger partial charge on any atom is -0.497 e. The Morgan fingerprint density at radius 3 is 1.39 bits per heavy atom. The normalized spacial score (nSPS) is 27.6. The van der Waals surface area contributed by atoms with E-state index in [4.69, 9.17) is 61.6 Å². The van der Waals surface area contributed by atoms with E-state index in [1.165, 1.54) is 24.3 Å². The van der Waals surface area contributed by atoms with E-state index in [9.17, 15) is 24.3 Å². The second-order valence-electron chi connectivity index (χ2n) is 19.0. The molecule has 414 valence electrons. The molecule has 0 saturated carbocycles. The van der Waals surface area contributed by atoms with Crippen LogP contribution in [0.5, 0.6) is 11.5 Å². The Morgan fingerprint density at radius 1 is 0.456 bits per heavy atom. The van der Waals surface area contributed by atoms with Crippen LogP contribution in [0.25, 0.3) is 0 Å². The van der Waals surface area contributed by atoms with Gasteiger partial charge in [0, 0.05) is 6.92 Å². The third-order valence-corrected chi connectivity index (χ3v) is 13.4. The first-order chi connectivity index (χ1) is 38.4. The zero-order chi connectivity index (χ0) is 55.3. The minimum absolute atomic E-state index is 0.0542. The Morgan fingerprint density at radius 2 is 0.886 bits per heavy atom. The monoisotopic (exact) mass is 1080 g/mol. The molecule has 3 aliphatic heterocycles. The van der Waals surface area contributed by atoms with Crippen LogP contribution in [0, 0.1) is 0 Å².